The number of ketones is 2. The maximum atomic E-state index is 13.3. The minimum atomic E-state index is -0.598. The van der Waals surface area contributed by atoms with Crippen LogP contribution in [0.25, 0.3) is 16.5 Å². The first-order valence-corrected chi connectivity index (χ1v) is 9.22. The molecule has 0 radical (unpaired) electrons. The molecule has 0 unspecified atom stereocenters. The number of hydrogen-bond donors (Lipinski definition) is 2. The van der Waals surface area contributed by atoms with Crippen molar-refractivity contribution in [3.63, 3.8) is 0 Å². The van der Waals surface area contributed by atoms with Crippen LogP contribution in [-0.4, -0.2) is 21.8 Å². The number of phenols is 1. The van der Waals surface area contributed by atoms with Gasteiger partial charge in [-0.2, -0.15) is 0 Å². The van der Waals surface area contributed by atoms with Crippen molar-refractivity contribution < 1.29 is 24.2 Å². The topological polar surface area (TPSA) is 105 Å². The zero-order valence-electron chi connectivity index (χ0n) is 15.9. The Morgan fingerprint density at radius 2 is 1.83 bits per heavy atom. The lowest BCUT2D eigenvalue weighted by atomic mass is 9.81. The molecule has 0 bridgehead atoms. The summed E-state index contributed by atoms with van der Waals surface area (Å²) in [4.78, 5) is 39.1. The number of phenolic OH excluding ortho intramolecular Hbond substituents is 1. The summed E-state index contributed by atoms with van der Waals surface area (Å²) in [6, 6.07) is 6.94. The third-order valence-corrected chi connectivity index (χ3v) is 5.14. The Labute approximate surface area is 165 Å². The van der Waals surface area contributed by atoms with Crippen LogP contribution in [0.15, 0.2) is 45.6 Å². The van der Waals surface area contributed by atoms with Crippen LogP contribution in [-0.2, 0) is 6.61 Å². The molecule has 0 spiro atoms. The van der Waals surface area contributed by atoms with Gasteiger partial charge in [-0.3, -0.25) is 14.4 Å². The fraction of sp³-hybridized carbons (Fsp3) is 0.174. The summed E-state index contributed by atoms with van der Waals surface area (Å²) in [5, 5.41) is 20.0. The molecule has 1 aliphatic carbocycles. The number of carbonyl (C=O) groups excluding carboxylic acids is 2. The van der Waals surface area contributed by atoms with Crippen molar-refractivity contribution >= 4 is 28.1 Å². The number of allylic oxidation sites excluding steroid dienone is 2. The number of aliphatic hydroxyl groups excluding tert-OH is 1. The van der Waals surface area contributed by atoms with Gasteiger partial charge in [-0.1, -0.05) is 25.1 Å². The summed E-state index contributed by atoms with van der Waals surface area (Å²) in [5.74, 6) is -1.10. The lowest BCUT2D eigenvalue weighted by Gasteiger charge is -2.20. The average molecular weight is 390 g/mol. The van der Waals surface area contributed by atoms with Gasteiger partial charge >= 0.3 is 0 Å². The van der Waals surface area contributed by atoms with Gasteiger partial charge in [-0.05, 0) is 36.6 Å². The molecule has 146 valence electrons. The van der Waals surface area contributed by atoms with Crippen LogP contribution >= 0.6 is 0 Å². The largest absolute Gasteiger partial charge is 0.507 e. The maximum Gasteiger partial charge on any atom is 0.202 e. The number of rotatable bonds is 3. The summed E-state index contributed by atoms with van der Waals surface area (Å²) in [7, 11) is 0. The molecule has 2 N–H and O–H groups in total. The van der Waals surface area contributed by atoms with Crippen LogP contribution in [0, 0.1) is 0 Å². The summed E-state index contributed by atoms with van der Waals surface area (Å²) in [6.45, 7) is 3.23. The monoisotopic (exact) mass is 390 g/mol. The molecular weight excluding hydrogens is 372 g/mol. The van der Waals surface area contributed by atoms with E-state index in [2.05, 4.69) is 0 Å². The smallest absolute Gasteiger partial charge is 0.202 e. The van der Waals surface area contributed by atoms with Gasteiger partial charge in [0.1, 0.15) is 11.5 Å². The van der Waals surface area contributed by atoms with Gasteiger partial charge in [-0.25, -0.2) is 0 Å². The summed E-state index contributed by atoms with van der Waals surface area (Å²) in [5.41, 5.74) is 0.392. The Kier molecular flexibility index (Phi) is 4.43. The lowest BCUT2D eigenvalue weighted by Crippen LogP contribution is -2.23. The fourth-order valence-electron chi connectivity index (χ4n) is 3.78. The predicted molar refractivity (Wildman–Crippen MR) is 107 cm³/mol. The van der Waals surface area contributed by atoms with E-state index in [0.29, 0.717) is 5.57 Å². The first-order chi connectivity index (χ1) is 13.9. The highest BCUT2D eigenvalue weighted by atomic mass is 16.3. The molecule has 0 amide bonds. The number of benzene rings is 2. The first kappa shape index (κ1) is 18.8. The average Bonchev–Trinajstić information content (AvgIpc) is 2.70. The Morgan fingerprint density at radius 1 is 1.07 bits per heavy atom. The van der Waals surface area contributed by atoms with Crippen molar-refractivity contribution in [2.45, 2.75) is 26.9 Å². The van der Waals surface area contributed by atoms with Crippen molar-refractivity contribution in [1.82, 2.24) is 0 Å². The Morgan fingerprint density at radius 3 is 2.52 bits per heavy atom. The highest BCUT2D eigenvalue weighted by Crippen LogP contribution is 2.37. The molecule has 0 saturated heterocycles. The van der Waals surface area contributed by atoms with Crippen molar-refractivity contribution in [2.24, 2.45) is 0 Å². The summed E-state index contributed by atoms with van der Waals surface area (Å²) < 4.78 is 5.94. The van der Waals surface area contributed by atoms with E-state index in [9.17, 15) is 24.6 Å². The van der Waals surface area contributed by atoms with Crippen LogP contribution in [0.2, 0.25) is 0 Å². The van der Waals surface area contributed by atoms with Crippen LogP contribution in [0.4, 0.5) is 0 Å². The van der Waals surface area contributed by atoms with Crippen molar-refractivity contribution in [3.8, 4) is 5.75 Å². The highest BCUT2D eigenvalue weighted by Gasteiger charge is 2.35. The maximum absolute atomic E-state index is 13.3. The molecule has 1 heterocycles. The zero-order chi connectivity index (χ0) is 20.9. The highest BCUT2D eigenvalue weighted by molar-refractivity contribution is 6.32. The molecule has 0 saturated carbocycles. The second-order valence-electron chi connectivity index (χ2n) is 6.95. The van der Waals surface area contributed by atoms with E-state index in [1.54, 1.807) is 6.92 Å². The van der Waals surface area contributed by atoms with Crippen molar-refractivity contribution in [1.29, 1.82) is 0 Å². The van der Waals surface area contributed by atoms with Gasteiger partial charge in [0.25, 0.3) is 0 Å². The van der Waals surface area contributed by atoms with Gasteiger partial charge in [0.15, 0.2) is 16.8 Å². The van der Waals surface area contributed by atoms with E-state index in [1.807, 2.05) is 13.0 Å². The standard InChI is InChI=1S/C23H18O6/c1-3-5-11(2)17-9-16(26)18-12(10-24)8-14-20(23(18)29-17)22(28)19-13(21(14)27)6-4-7-15(19)25/h4-9,24-25H,3,10H2,1-2H3. The molecule has 2 aromatic carbocycles. The SMILES string of the molecule is CCC=C(C)c1cc(=O)c2c(CO)cc3c(c2o1)C(=O)c1c(O)cccc1C3=O. The van der Waals surface area contributed by atoms with Gasteiger partial charge in [0, 0.05) is 17.2 Å². The van der Waals surface area contributed by atoms with E-state index in [0.717, 1.165) is 6.42 Å². The number of aromatic hydroxyl groups is 1. The molecule has 4 rings (SSSR count). The Balaban J connectivity index is 2.16. The van der Waals surface area contributed by atoms with E-state index < -0.39 is 23.6 Å². The molecular formula is C23H18O6. The zero-order valence-corrected chi connectivity index (χ0v) is 15.9. The third kappa shape index (κ3) is 2.72. The van der Waals surface area contributed by atoms with Gasteiger partial charge in [0.2, 0.25) is 5.78 Å². The predicted octanol–water partition coefficient (Wildman–Crippen LogP) is 3.58. The van der Waals surface area contributed by atoms with E-state index >= 15 is 0 Å². The number of hydrogen-bond acceptors (Lipinski definition) is 6. The van der Waals surface area contributed by atoms with Gasteiger partial charge in [-0.15, -0.1) is 0 Å². The normalized spacial score (nSPS) is 13.6. The molecule has 0 fully saturated rings. The van der Waals surface area contributed by atoms with E-state index in [1.165, 1.54) is 30.3 Å². The summed E-state index contributed by atoms with van der Waals surface area (Å²) >= 11 is 0. The fourth-order valence-corrected chi connectivity index (χ4v) is 3.78. The second kappa shape index (κ2) is 6.83. The molecule has 1 aromatic heterocycles. The van der Waals surface area contributed by atoms with Gasteiger partial charge < -0.3 is 14.6 Å². The third-order valence-electron chi connectivity index (χ3n) is 5.14. The lowest BCUT2D eigenvalue weighted by molar-refractivity contribution is 0.0977. The van der Waals surface area contributed by atoms with Crippen LogP contribution in [0.1, 0.15) is 63.4 Å². The number of fused-ring (bicyclic) bond motifs is 4. The Hall–Kier alpha value is -3.51. The number of aliphatic hydroxyl groups is 1. The Bertz CT molecular complexity index is 1290. The molecule has 0 atom stereocenters. The van der Waals surface area contributed by atoms with Gasteiger partial charge in [0.05, 0.1) is 23.1 Å². The molecule has 29 heavy (non-hydrogen) atoms. The quantitative estimate of drug-likeness (QED) is 0.554. The number of carbonyl (C=O) groups is 2. The minimum Gasteiger partial charge on any atom is -0.507 e. The molecule has 0 aliphatic heterocycles. The minimum absolute atomic E-state index is 0.0436. The molecule has 6 heteroatoms. The van der Waals surface area contributed by atoms with Crippen molar-refractivity contribution in [3.05, 3.63) is 80.2 Å². The van der Waals surface area contributed by atoms with E-state index in [4.69, 9.17) is 4.42 Å². The van der Waals surface area contributed by atoms with Crippen LogP contribution in [0.5, 0.6) is 5.75 Å². The van der Waals surface area contributed by atoms with Crippen LogP contribution in [0.3, 0.4) is 0 Å². The molecule has 3 aromatic rings. The second-order valence-corrected chi connectivity index (χ2v) is 6.95. The summed E-state index contributed by atoms with van der Waals surface area (Å²) in [6.07, 6.45) is 2.60. The van der Waals surface area contributed by atoms with Crippen molar-refractivity contribution in [2.75, 3.05) is 0 Å². The first-order valence-electron chi connectivity index (χ1n) is 9.22. The molecule has 1 aliphatic rings. The molecule has 6 nitrogen and oxygen atoms in total. The van der Waals surface area contributed by atoms with Crippen LogP contribution < -0.4 is 5.43 Å². The van der Waals surface area contributed by atoms with E-state index in [-0.39, 0.29) is 50.3 Å².